The van der Waals surface area contributed by atoms with Crippen LogP contribution in [0.3, 0.4) is 0 Å². The van der Waals surface area contributed by atoms with Gasteiger partial charge in [0.25, 0.3) is 5.91 Å². The van der Waals surface area contributed by atoms with E-state index in [1.807, 2.05) is 11.0 Å². The largest absolute Gasteiger partial charge is 0.350 e. The predicted molar refractivity (Wildman–Crippen MR) is 129 cm³/mol. The van der Waals surface area contributed by atoms with Gasteiger partial charge in [-0.15, -0.1) is 6.42 Å². The summed E-state index contributed by atoms with van der Waals surface area (Å²) in [5, 5.41) is 1.09. The Kier molecular flexibility index (Phi) is 5.38. The molecule has 5 rings (SSSR count). The third kappa shape index (κ3) is 3.44. The molecule has 32 heavy (non-hydrogen) atoms. The molecule has 0 saturated carbocycles. The quantitative estimate of drug-likeness (QED) is 0.580. The lowest BCUT2D eigenvalue weighted by atomic mass is 9.99. The number of likely N-dealkylation sites (tertiary alicyclic amines) is 1. The molecule has 164 valence electrons. The van der Waals surface area contributed by atoms with Gasteiger partial charge in [0, 0.05) is 37.3 Å². The summed E-state index contributed by atoms with van der Waals surface area (Å²) in [5.74, 6) is 3.73. The molecule has 2 aliphatic rings. The van der Waals surface area contributed by atoms with Crippen molar-refractivity contribution in [2.75, 3.05) is 24.5 Å². The first-order valence-electron chi connectivity index (χ1n) is 11.6. The van der Waals surface area contributed by atoms with Crippen LogP contribution in [0.1, 0.15) is 52.1 Å². The number of fused-ring (bicyclic) bond motifs is 2. The van der Waals surface area contributed by atoms with Crippen LogP contribution in [0.2, 0.25) is 0 Å². The molecule has 1 amide bonds. The number of nitrogens with zero attached hydrogens (tertiary/aromatic N) is 4. The maximum Gasteiger partial charge on any atom is 0.272 e. The summed E-state index contributed by atoms with van der Waals surface area (Å²) in [6, 6.07) is 10.6. The molecule has 0 atom stereocenters. The van der Waals surface area contributed by atoms with E-state index in [9.17, 15) is 4.79 Å². The highest BCUT2D eigenvalue weighted by molar-refractivity contribution is 6.01. The molecule has 0 aliphatic carbocycles. The summed E-state index contributed by atoms with van der Waals surface area (Å²) in [6.07, 6.45) is 10.0. The normalized spacial score (nSPS) is 16.2. The van der Waals surface area contributed by atoms with E-state index in [0.717, 1.165) is 67.9 Å². The van der Waals surface area contributed by atoms with Gasteiger partial charge in [0.05, 0.1) is 12.1 Å². The number of carbonyl (C=O) groups is 1. The van der Waals surface area contributed by atoms with Crippen LogP contribution in [0.5, 0.6) is 0 Å². The van der Waals surface area contributed by atoms with E-state index in [1.54, 1.807) is 0 Å². The molecular formula is C27H30N4O. The maximum absolute atomic E-state index is 13.4. The standard InChI is InChI=1S/C27H30N4O/c1-4-13-31-20(3)19(2)23-17-24(27(32)29-14-8-5-9-15-29)28-26(25(23)31)30-16-12-21-10-6-7-11-22(21)18-30/h1,6-7,10-11,17H,5,8-9,12-16,18H2,2-3H3. The van der Waals surface area contributed by atoms with E-state index < -0.39 is 0 Å². The fourth-order valence-electron chi connectivity index (χ4n) is 5.20. The van der Waals surface area contributed by atoms with Gasteiger partial charge >= 0.3 is 0 Å². The highest BCUT2D eigenvalue weighted by Gasteiger charge is 2.27. The van der Waals surface area contributed by atoms with Gasteiger partial charge in [-0.3, -0.25) is 4.79 Å². The van der Waals surface area contributed by atoms with Crippen molar-refractivity contribution in [2.45, 2.75) is 52.6 Å². The minimum absolute atomic E-state index is 0.0482. The zero-order chi connectivity index (χ0) is 22.2. The summed E-state index contributed by atoms with van der Waals surface area (Å²) in [5.41, 5.74) is 6.63. The third-order valence-corrected chi connectivity index (χ3v) is 7.14. The van der Waals surface area contributed by atoms with E-state index in [4.69, 9.17) is 11.4 Å². The Bertz CT molecular complexity index is 1230. The molecule has 0 radical (unpaired) electrons. The molecule has 2 aromatic heterocycles. The monoisotopic (exact) mass is 426 g/mol. The van der Waals surface area contributed by atoms with Crippen LogP contribution in [0.25, 0.3) is 10.9 Å². The van der Waals surface area contributed by atoms with Crippen LogP contribution >= 0.6 is 0 Å². The number of amides is 1. The van der Waals surface area contributed by atoms with E-state index in [0.29, 0.717) is 12.2 Å². The van der Waals surface area contributed by atoms with E-state index >= 15 is 0 Å². The Morgan fingerprint density at radius 1 is 1.09 bits per heavy atom. The number of anilines is 1. The smallest absolute Gasteiger partial charge is 0.272 e. The molecule has 1 aromatic carbocycles. The van der Waals surface area contributed by atoms with Crippen LogP contribution in [0.15, 0.2) is 30.3 Å². The van der Waals surface area contributed by atoms with Crippen molar-refractivity contribution in [3.8, 4) is 12.3 Å². The average Bonchev–Trinajstić information content (AvgIpc) is 3.08. The summed E-state index contributed by atoms with van der Waals surface area (Å²) in [4.78, 5) is 22.7. The van der Waals surface area contributed by atoms with Gasteiger partial charge in [-0.25, -0.2) is 4.98 Å². The van der Waals surface area contributed by atoms with Gasteiger partial charge in [0.15, 0.2) is 5.82 Å². The van der Waals surface area contributed by atoms with Gasteiger partial charge in [-0.1, -0.05) is 30.2 Å². The number of benzene rings is 1. The first-order chi connectivity index (χ1) is 15.6. The second kappa shape index (κ2) is 8.35. The lowest BCUT2D eigenvalue weighted by Crippen LogP contribution is -2.37. The average molecular weight is 427 g/mol. The minimum Gasteiger partial charge on any atom is -0.350 e. The molecule has 5 nitrogen and oxygen atoms in total. The highest BCUT2D eigenvalue weighted by Crippen LogP contribution is 2.35. The van der Waals surface area contributed by atoms with Crippen molar-refractivity contribution in [3.63, 3.8) is 0 Å². The van der Waals surface area contributed by atoms with Crippen molar-refractivity contribution in [1.82, 2.24) is 14.5 Å². The summed E-state index contributed by atoms with van der Waals surface area (Å²) in [7, 11) is 0. The van der Waals surface area contributed by atoms with Crippen LogP contribution in [0.4, 0.5) is 5.82 Å². The van der Waals surface area contributed by atoms with Crippen molar-refractivity contribution in [3.05, 3.63) is 58.4 Å². The second-order valence-corrected chi connectivity index (χ2v) is 9.02. The fraction of sp³-hybridized carbons (Fsp3) is 0.407. The Labute approximate surface area is 190 Å². The maximum atomic E-state index is 13.4. The van der Waals surface area contributed by atoms with Crippen LogP contribution in [-0.4, -0.2) is 40.0 Å². The number of aryl methyl sites for hydroxylation is 1. The molecule has 5 heteroatoms. The van der Waals surface area contributed by atoms with Crippen molar-refractivity contribution < 1.29 is 4.79 Å². The number of carbonyl (C=O) groups excluding carboxylic acids is 1. The zero-order valence-electron chi connectivity index (χ0n) is 19.0. The molecule has 0 bridgehead atoms. The number of pyridine rings is 1. The van der Waals surface area contributed by atoms with Gasteiger partial charge in [0.1, 0.15) is 5.69 Å². The summed E-state index contributed by atoms with van der Waals surface area (Å²) < 4.78 is 2.18. The number of rotatable bonds is 3. The molecule has 0 unspecified atom stereocenters. The van der Waals surface area contributed by atoms with Gasteiger partial charge in [0.2, 0.25) is 0 Å². The number of hydrogen-bond acceptors (Lipinski definition) is 3. The summed E-state index contributed by atoms with van der Waals surface area (Å²) in [6.45, 7) is 8.03. The van der Waals surface area contributed by atoms with Crippen LogP contribution in [0, 0.1) is 26.2 Å². The zero-order valence-corrected chi connectivity index (χ0v) is 19.0. The topological polar surface area (TPSA) is 41.4 Å². The molecule has 1 fully saturated rings. The second-order valence-electron chi connectivity index (χ2n) is 9.02. The number of terminal acetylenes is 1. The Morgan fingerprint density at radius 2 is 1.84 bits per heavy atom. The highest BCUT2D eigenvalue weighted by atomic mass is 16.2. The lowest BCUT2D eigenvalue weighted by molar-refractivity contribution is 0.0718. The fourth-order valence-corrected chi connectivity index (χ4v) is 5.20. The molecule has 3 aromatic rings. The van der Waals surface area contributed by atoms with Crippen LogP contribution in [-0.2, 0) is 19.5 Å². The number of piperidine rings is 1. The Balaban J connectivity index is 1.66. The molecule has 0 N–H and O–H groups in total. The molecule has 1 saturated heterocycles. The predicted octanol–water partition coefficient (Wildman–Crippen LogP) is 4.48. The SMILES string of the molecule is C#CCn1c(C)c(C)c2cc(C(=O)N3CCCCC3)nc(N3CCc4ccccc4C3)c21. The van der Waals surface area contributed by atoms with Gasteiger partial charge in [-0.05, 0) is 62.3 Å². The van der Waals surface area contributed by atoms with Gasteiger partial charge in [-0.2, -0.15) is 0 Å². The van der Waals surface area contributed by atoms with E-state index in [-0.39, 0.29) is 5.91 Å². The first-order valence-corrected chi connectivity index (χ1v) is 11.6. The lowest BCUT2D eigenvalue weighted by Gasteiger charge is -2.31. The summed E-state index contributed by atoms with van der Waals surface area (Å²) >= 11 is 0. The Morgan fingerprint density at radius 3 is 2.59 bits per heavy atom. The molecular weight excluding hydrogens is 396 g/mol. The van der Waals surface area contributed by atoms with Crippen molar-refractivity contribution in [1.29, 1.82) is 0 Å². The Hall–Kier alpha value is -3.26. The van der Waals surface area contributed by atoms with Gasteiger partial charge < -0.3 is 14.4 Å². The minimum atomic E-state index is 0.0482. The third-order valence-electron chi connectivity index (χ3n) is 7.14. The number of aromatic nitrogens is 2. The van der Waals surface area contributed by atoms with Crippen LogP contribution < -0.4 is 4.90 Å². The molecule has 4 heterocycles. The van der Waals surface area contributed by atoms with E-state index in [2.05, 4.69) is 53.5 Å². The van der Waals surface area contributed by atoms with Crippen molar-refractivity contribution in [2.24, 2.45) is 0 Å². The number of hydrogen-bond donors (Lipinski definition) is 0. The van der Waals surface area contributed by atoms with E-state index in [1.165, 1.54) is 23.1 Å². The molecule has 2 aliphatic heterocycles. The first kappa shape index (κ1) is 20.6. The molecule has 0 spiro atoms. The van der Waals surface area contributed by atoms with Crippen molar-refractivity contribution >= 4 is 22.6 Å².